The second kappa shape index (κ2) is 8.31. The van der Waals surface area contributed by atoms with Crippen LogP contribution in [0.25, 0.3) is 10.9 Å². The van der Waals surface area contributed by atoms with Crippen LogP contribution in [0.1, 0.15) is 24.5 Å². The van der Waals surface area contributed by atoms with Gasteiger partial charge in [-0.3, -0.25) is 9.48 Å². The summed E-state index contributed by atoms with van der Waals surface area (Å²) in [6, 6.07) is 9.83. The summed E-state index contributed by atoms with van der Waals surface area (Å²) in [5, 5.41) is 17.4. The number of rotatable bonds is 6. The van der Waals surface area contributed by atoms with Crippen LogP contribution in [0.5, 0.6) is 5.75 Å². The number of para-hydroxylation sites is 1. The van der Waals surface area contributed by atoms with Crippen LogP contribution in [-0.4, -0.2) is 33.0 Å². The second-order valence-corrected chi connectivity index (χ2v) is 7.50. The van der Waals surface area contributed by atoms with Gasteiger partial charge in [0.05, 0.1) is 23.6 Å². The van der Waals surface area contributed by atoms with Crippen LogP contribution in [0.3, 0.4) is 0 Å². The largest absolute Gasteiger partial charge is 0.494 e. The molecule has 0 spiro atoms. The molecular formula is C20H21N5O2S. The van der Waals surface area contributed by atoms with E-state index < -0.39 is 0 Å². The van der Waals surface area contributed by atoms with Crippen molar-refractivity contribution < 1.29 is 9.53 Å². The summed E-state index contributed by atoms with van der Waals surface area (Å²) in [6.07, 6.45) is 2.05. The van der Waals surface area contributed by atoms with Crippen molar-refractivity contribution in [1.82, 2.24) is 14.8 Å². The molecule has 0 aliphatic rings. The standard InChI is InChI=1S/C20H21N5O2S/c1-5-16(20(26)24-19-13(10-21)11-22-25(19)3)28-17-9-12(2)14-7-6-8-15(27-4)18(14)23-17/h6-9,11,16H,5H2,1-4H3,(H,24,26). The lowest BCUT2D eigenvalue weighted by Crippen LogP contribution is -2.26. The molecule has 1 atom stereocenters. The van der Waals surface area contributed by atoms with Crippen LogP contribution in [0.4, 0.5) is 5.82 Å². The van der Waals surface area contributed by atoms with Crippen molar-refractivity contribution in [3.8, 4) is 11.8 Å². The van der Waals surface area contributed by atoms with Gasteiger partial charge in [0.1, 0.15) is 28.7 Å². The highest BCUT2D eigenvalue weighted by atomic mass is 32.2. The number of methoxy groups -OCH3 is 1. The number of nitrogens with one attached hydrogen (secondary N) is 1. The van der Waals surface area contributed by atoms with Crippen LogP contribution < -0.4 is 10.1 Å². The zero-order chi connectivity index (χ0) is 20.3. The summed E-state index contributed by atoms with van der Waals surface area (Å²) >= 11 is 1.39. The maximum Gasteiger partial charge on any atom is 0.239 e. The minimum atomic E-state index is -0.361. The van der Waals surface area contributed by atoms with Gasteiger partial charge in [-0.1, -0.05) is 30.8 Å². The number of fused-ring (bicyclic) bond motifs is 1. The summed E-state index contributed by atoms with van der Waals surface area (Å²) < 4.78 is 6.92. The number of nitrogens with zero attached hydrogens (tertiary/aromatic N) is 4. The van der Waals surface area contributed by atoms with Crippen LogP contribution >= 0.6 is 11.8 Å². The van der Waals surface area contributed by atoms with Crippen molar-refractivity contribution >= 4 is 34.4 Å². The Balaban J connectivity index is 1.87. The normalized spacial score (nSPS) is 11.8. The van der Waals surface area contributed by atoms with Crippen LogP contribution in [0.15, 0.2) is 35.5 Å². The number of carbonyl (C=O) groups is 1. The van der Waals surface area contributed by atoms with Gasteiger partial charge in [0.25, 0.3) is 0 Å². The highest BCUT2D eigenvalue weighted by molar-refractivity contribution is 8.00. The Kier molecular flexibility index (Phi) is 5.85. The molecular weight excluding hydrogens is 374 g/mol. The third kappa shape index (κ3) is 3.80. The molecule has 28 heavy (non-hydrogen) atoms. The van der Waals surface area contributed by atoms with Gasteiger partial charge in [-0.2, -0.15) is 10.4 Å². The smallest absolute Gasteiger partial charge is 0.239 e. The van der Waals surface area contributed by atoms with Crippen molar-refractivity contribution in [2.45, 2.75) is 30.5 Å². The lowest BCUT2D eigenvalue weighted by atomic mass is 10.1. The first-order valence-corrected chi connectivity index (χ1v) is 9.70. The molecule has 0 aliphatic heterocycles. The Morgan fingerprint density at radius 1 is 1.46 bits per heavy atom. The van der Waals surface area contributed by atoms with E-state index in [1.165, 1.54) is 22.6 Å². The minimum absolute atomic E-state index is 0.188. The Labute approximate surface area is 167 Å². The summed E-state index contributed by atoms with van der Waals surface area (Å²) in [7, 11) is 3.31. The number of aryl methyl sites for hydroxylation is 2. The van der Waals surface area contributed by atoms with E-state index >= 15 is 0 Å². The maximum absolute atomic E-state index is 12.8. The molecule has 1 aromatic carbocycles. The molecule has 2 aromatic heterocycles. The zero-order valence-corrected chi connectivity index (χ0v) is 17.0. The third-order valence-electron chi connectivity index (χ3n) is 4.43. The van der Waals surface area contributed by atoms with Gasteiger partial charge in [0.15, 0.2) is 0 Å². The van der Waals surface area contributed by atoms with Gasteiger partial charge in [0.2, 0.25) is 5.91 Å². The van der Waals surface area contributed by atoms with E-state index in [0.717, 1.165) is 21.5 Å². The average molecular weight is 395 g/mol. The first-order valence-electron chi connectivity index (χ1n) is 8.82. The second-order valence-electron chi connectivity index (χ2n) is 6.28. The van der Waals surface area contributed by atoms with Crippen molar-refractivity contribution in [1.29, 1.82) is 5.26 Å². The van der Waals surface area contributed by atoms with Gasteiger partial charge in [0, 0.05) is 12.4 Å². The minimum Gasteiger partial charge on any atom is -0.494 e. The van der Waals surface area contributed by atoms with Crippen LogP contribution in [0.2, 0.25) is 0 Å². The number of thioether (sulfide) groups is 1. The Morgan fingerprint density at radius 3 is 2.93 bits per heavy atom. The molecule has 0 saturated heterocycles. The highest BCUT2D eigenvalue weighted by Gasteiger charge is 2.22. The van der Waals surface area contributed by atoms with Crippen LogP contribution in [0, 0.1) is 18.3 Å². The summed E-state index contributed by atoms with van der Waals surface area (Å²) in [6.45, 7) is 3.96. The molecule has 1 N–H and O–H groups in total. The number of pyridine rings is 1. The van der Waals surface area contributed by atoms with Gasteiger partial charge in [-0.05, 0) is 31.0 Å². The average Bonchev–Trinajstić information content (AvgIpc) is 3.05. The van der Waals surface area contributed by atoms with Gasteiger partial charge < -0.3 is 10.1 Å². The van der Waals surface area contributed by atoms with Crippen molar-refractivity contribution in [3.05, 3.63) is 41.6 Å². The van der Waals surface area contributed by atoms with Gasteiger partial charge in [-0.15, -0.1) is 0 Å². The highest BCUT2D eigenvalue weighted by Crippen LogP contribution is 2.32. The zero-order valence-electron chi connectivity index (χ0n) is 16.2. The first kappa shape index (κ1) is 19.7. The predicted molar refractivity (Wildman–Crippen MR) is 110 cm³/mol. The molecule has 2 heterocycles. The lowest BCUT2D eigenvalue weighted by molar-refractivity contribution is -0.115. The van der Waals surface area contributed by atoms with Crippen molar-refractivity contribution in [2.24, 2.45) is 7.05 Å². The Morgan fingerprint density at radius 2 is 2.25 bits per heavy atom. The number of nitriles is 1. The SMILES string of the molecule is CCC(Sc1cc(C)c2cccc(OC)c2n1)C(=O)Nc1c(C#N)cnn1C. The molecule has 0 fully saturated rings. The summed E-state index contributed by atoms with van der Waals surface area (Å²) in [5.41, 5.74) is 2.18. The van der Waals surface area contributed by atoms with E-state index in [-0.39, 0.29) is 11.2 Å². The maximum atomic E-state index is 12.8. The van der Waals surface area contributed by atoms with E-state index in [0.29, 0.717) is 23.6 Å². The number of hydrogen-bond acceptors (Lipinski definition) is 6. The summed E-state index contributed by atoms with van der Waals surface area (Å²) in [4.78, 5) is 17.5. The third-order valence-corrected chi connectivity index (χ3v) is 5.72. The molecule has 0 bridgehead atoms. The van der Waals surface area contributed by atoms with Gasteiger partial charge >= 0.3 is 0 Å². The lowest BCUT2D eigenvalue weighted by Gasteiger charge is -2.16. The van der Waals surface area contributed by atoms with Gasteiger partial charge in [-0.25, -0.2) is 4.98 Å². The molecule has 3 aromatic rings. The van der Waals surface area contributed by atoms with Crippen molar-refractivity contribution in [2.75, 3.05) is 12.4 Å². The molecule has 0 radical (unpaired) electrons. The monoisotopic (exact) mass is 395 g/mol. The molecule has 144 valence electrons. The van der Waals surface area contributed by atoms with E-state index in [1.807, 2.05) is 44.2 Å². The fourth-order valence-electron chi connectivity index (χ4n) is 2.92. The molecule has 3 rings (SSSR count). The number of hydrogen-bond donors (Lipinski definition) is 1. The van der Waals surface area contributed by atoms with E-state index in [2.05, 4.69) is 10.4 Å². The number of carbonyl (C=O) groups excluding carboxylic acids is 1. The Hall–Kier alpha value is -3.05. The molecule has 7 nitrogen and oxygen atoms in total. The van der Waals surface area contributed by atoms with E-state index in [1.54, 1.807) is 14.2 Å². The fourth-order valence-corrected chi connectivity index (χ4v) is 3.93. The molecule has 0 saturated carbocycles. The molecule has 1 unspecified atom stereocenters. The molecule has 0 aliphatic carbocycles. The number of aromatic nitrogens is 3. The van der Waals surface area contributed by atoms with Crippen molar-refractivity contribution in [3.63, 3.8) is 0 Å². The molecule has 8 heteroatoms. The Bertz CT molecular complexity index is 1070. The number of benzene rings is 1. The predicted octanol–water partition coefficient (Wildman–Crippen LogP) is 3.67. The summed E-state index contributed by atoms with van der Waals surface area (Å²) in [5.74, 6) is 0.914. The van der Waals surface area contributed by atoms with E-state index in [4.69, 9.17) is 9.72 Å². The number of ether oxygens (including phenoxy) is 1. The first-order chi connectivity index (χ1) is 13.5. The fraction of sp³-hybridized carbons (Fsp3) is 0.300. The number of anilines is 1. The number of amides is 1. The van der Waals surface area contributed by atoms with E-state index in [9.17, 15) is 10.1 Å². The quantitative estimate of drug-likeness (QED) is 0.640. The van der Waals surface area contributed by atoms with Crippen LogP contribution in [-0.2, 0) is 11.8 Å². The molecule has 1 amide bonds. The topological polar surface area (TPSA) is 92.8 Å².